The quantitative estimate of drug-likeness (QED) is 0.597. The molecule has 0 spiro atoms. The zero-order valence-electron chi connectivity index (χ0n) is 10.5. The third-order valence-corrected chi connectivity index (χ3v) is 3.52. The molecule has 0 aliphatic heterocycles. The Hall–Kier alpha value is -0.920. The van der Waals surface area contributed by atoms with E-state index in [0.29, 0.717) is 11.3 Å². The van der Waals surface area contributed by atoms with E-state index in [0.717, 1.165) is 4.90 Å². The van der Waals surface area contributed by atoms with Crippen LogP contribution in [-0.2, 0) is 0 Å². The Morgan fingerprint density at radius 1 is 1.53 bits per heavy atom. The Kier molecular flexibility index (Phi) is 6.47. The van der Waals surface area contributed by atoms with Crippen LogP contribution in [0.2, 0.25) is 0 Å². The number of hydrogen-bond acceptors (Lipinski definition) is 4. The third-order valence-electron chi connectivity index (χ3n) is 2.54. The van der Waals surface area contributed by atoms with Gasteiger partial charge in [-0.2, -0.15) is 0 Å². The number of benzene rings is 1. The molecule has 0 atom stereocenters. The van der Waals surface area contributed by atoms with Crippen LogP contribution in [0.3, 0.4) is 0 Å². The van der Waals surface area contributed by atoms with Crippen molar-refractivity contribution in [2.75, 3.05) is 30.9 Å². The first-order valence-corrected chi connectivity index (χ1v) is 7.25. The molecule has 3 nitrogen and oxygen atoms in total. The minimum absolute atomic E-state index is 0.109. The molecule has 0 unspecified atom stereocenters. The van der Waals surface area contributed by atoms with Gasteiger partial charge in [0.05, 0.1) is 13.2 Å². The standard InChI is InChI=1S/C12H16F2N2OS2/c1-19-9-4-2-3-8(11(9)12(15)18)16(5-6-17)7-10(13)14/h2-4,10,17H,5-7H2,1H3,(H2,15,18). The largest absolute Gasteiger partial charge is 0.395 e. The van der Waals surface area contributed by atoms with E-state index in [-0.39, 0.29) is 18.1 Å². The Balaban J connectivity index is 3.24. The number of halogens is 2. The van der Waals surface area contributed by atoms with Crippen LogP contribution in [0.15, 0.2) is 23.1 Å². The third kappa shape index (κ3) is 4.29. The normalized spacial score (nSPS) is 10.8. The predicted molar refractivity (Wildman–Crippen MR) is 79.4 cm³/mol. The smallest absolute Gasteiger partial charge is 0.255 e. The zero-order chi connectivity index (χ0) is 14.4. The Labute approximate surface area is 120 Å². The number of nitrogens with two attached hydrogens (primary N) is 1. The van der Waals surface area contributed by atoms with Crippen LogP contribution in [0.1, 0.15) is 5.56 Å². The number of thiocarbonyl (C=S) groups is 1. The van der Waals surface area contributed by atoms with Gasteiger partial charge in [0.2, 0.25) is 0 Å². The first-order valence-electron chi connectivity index (χ1n) is 5.62. The molecule has 3 N–H and O–H groups in total. The number of hydrogen-bond donors (Lipinski definition) is 2. The summed E-state index contributed by atoms with van der Waals surface area (Å²) in [5.74, 6) is 0. The summed E-state index contributed by atoms with van der Waals surface area (Å²) >= 11 is 6.46. The van der Waals surface area contributed by atoms with Gasteiger partial charge < -0.3 is 15.7 Å². The number of aliphatic hydroxyl groups is 1. The highest BCUT2D eigenvalue weighted by Gasteiger charge is 2.18. The van der Waals surface area contributed by atoms with Crippen LogP contribution in [0.4, 0.5) is 14.5 Å². The predicted octanol–water partition coefficient (Wildman–Crippen LogP) is 2.11. The molecule has 1 aromatic rings. The van der Waals surface area contributed by atoms with Gasteiger partial charge in [0.25, 0.3) is 6.43 Å². The van der Waals surface area contributed by atoms with Crippen LogP contribution >= 0.6 is 24.0 Å². The molecule has 19 heavy (non-hydrogen) atoms. The number of rotatable bonds is 7. The van der Waals surface area contributed by atoms with Crippen molar-refractivity contribution in [1.29, 1.82) is 0 Å². The molecule has 0 heterocycles. The van der Waals surface area contributed by atoms with Gasteiger partial charge in [0, 0.05) is 22.7 Å². The van der Waals surface area contributed by atoms with Crippen molar-refractivity contribution < 1.29 is 13.9 Å². The summed E-state index contributed by atoms with van der Waals surface area (Å²) in [6, 6.07) is 5.28. The van der Waals surface area contributed by atoms with Gasteiger partial charge >= 0.3 is 0 Å². The highest BCUT2D eigenvalue weighted by Crippen LogP contribution is 2.30. The minimum Gasteiger partial charge on any atom is -0.395 e. The van der Waals surface area contributed by atoms with Gasteiger partial charge in [-0.25, -0.2) is 8.78 Å². The van der Waals surface area contributed by atoms with Crippen molar-refractivity contribution in [3.8, 4) is 0 Å². The molecule has 0 saturated heterocycles. The fourth-order valence-corrected chi connectivity index (χ4v) is 2.71. The van der Waals surface area contributed by atoms with E-state index in [1.165, 1.54) is 16.7 Å². The van der Waals surface area contributed by atoms with Crippen molar-refractivity contribution in [1.82, 2.24) is 0 Å². The average molecular weight is 306 g/mol. The molecular weight excluding hydrogens is 290 g/mol. The maximum atomic E-state index is 12.6. The van der Waals surface area contributed by atoms with E-state index in [1.54, 1.807) is 12.1 Å². The number of thioether (sulfide) groups is 1. The second-order valence-corrected chi connectivity index (χ2v) is 5.07. The zero-order valence-corrected chi connectivity index (χ0v) is 12.1. The maximum absolute atomic E-state index is 12.6. The fraction of sp³-hybridized carbons (Fsp3) is 0.417. The first-order chi connectivity index (χ1) is 9.01. The van der Waals surface area contributed by atoms with E-state index in [2.05, 4.69) is 0 Å². The molecular formula is C12H16F2N2OS2. The van der Waals surface area contributed by atoms with Gasteiger partial charge in [-0.05, 0) is 18.4 Å². The molecule has 0 aliphatic rings. The molecule has 0 amide bonds. The molecule has 0 saturated carbocycles. The van der Waals surface area contributed by atoms with Crippen molar-refractivity contribution >= 4 is 34.7 Å². The van der Waals surface area contributed by atoms with Crippen LogP contribution in [-0.4, -0.2) is 42.5 Å². The average Bonchev–Trinajstić information content (AvgIpc) is 2.36. The highest BCUT2D eigenvalue weighted by molar-refractivity contribution is 7.98. The van der Waals surface area contributed by atoms with Crippen molar-refractivity contribution in [3.63, 3.8) is 0 Å². The first kappa shape index (κ1) is 16.1. The summed E-state index contributed by atoms with van der Waals surface area (Å²) in [6.07, 6.45) is -0.631. The number of alkyl halides is 2. The summed E-state index contributed by atoms with van der Waals surface area (Å²) in [6.45, 7) is -0.571. The van der Waals surface area contributed by atoms with E-state index in [9.17, 15) is 8.78 Å². The van der Waals surface area contributed by atoms with Gasteiger partial charge in [0.15, 0.2) is 0 Å². The van der Waals surface area contributed by atoms with Gasteiger partial charge in [-0.1, -0.05) is 18.3 Å². The molecule has 0 aliphatic carbocycles. The van der Waals surface area contributed by atoms with Gasteiger partial charge in [-0.3, -0.25) is 0 Å². The van der Waals surface area contributed by atoms with E-state index < -0.39 is 13.0 Å². The van der Waals surface area contributed by atoms with Crippen molar-refractivity contribution in [2.45, 2.75) is 11.3 Å². The second-order valence-electron chi connectivity index (χ2n) is 3.78. The molecule has 0 aromatic heterocycles. The summed E-state index contributed by atoms with van der Waals surface area (Å²) in [7, 11) is 0. The Bertz CT molecular complexity index is 444. The lowest BCUT2D eigenvalue weighted by Gasteiger charge is -2.26. The maximum Gasteiger partial charge on any atom is 0.255 e. The molecule has 106 valence electrons. The SMILES string of the molecule is CSc1cccc(N(CCO)CC(F)F)c1C(N)=S. The fourth-order valence-electron chi connectivity index (χ4n) is 1.80. The summed E-state index contributed by atoms with van der Waals surface area (Å²) < 4.78 is 25.2. The lowest BCUT2D eigenvalue weighted by Crippen LogP contribution is -2.33. The monoisotopic (exact) mass is 306 g/mol. The molecule has 1 rings (SSSR count). The van der Waals surface area contributed by atoms with E-state index >= 15 is 0 Å². The summed E-state index contributed by atoms with van der Waals surface area (Å²) in [5.41, 5.74) is 6.82. The lowest BCUT2D eigenvalue weighted by molar-refractivity contribution is 0.153. The van der Waals surface area contributed by atoms with E-state index in [1.807, 2.05) is 12.3 Å². The minimum atomic E-state index is -2.50. The Morgan fingerprint density at radius 3 is 2.68 bits per heavy atom. The van der Waals surface area contributed by atoms with Gasteiger partial charge in [-0.15, -0.1) is 11.8 Å². The van der Waals surface area contributed by atoms with Crippen LogP contribution in [0, 0.1) is 0 Å². The van der Waals surface area contributed by atoms with Crippen LogP contribution in [0.5, 0.6) is 0 Å². The molecule has 7 heteroatoms. The van der Waals surface area contributed by atoms with Crippen LogP contribution < -0.4 is 10.6 Å². The number of nitrogens with zero attached hydrogens (tertiary/aromatic N) is 1. The second kappa shape index (κ2) is 7.62. The highest BCUT2D eigenvalue weighted by atomic mass is 32.2. The van der Waals surface area contributed by atoms with E-state index in [4.69, 9.17) is 23.1 Å². The molecule has 0 radical (unpaired) electrons. The molecule has 0 fully saturated rings. The molecule has 0 bridgehead atoms. The Morgan fingerprint density at radius 2 is 2.21 bits per heavy atom. The number of aliphatic hydroxyl groups excluding tert-OH is 1. The number of anilines is 1. The topological polar surface area (TPSA) is 49.5 Å². The lowest BCUT2D eigenvalue weighted by atomic mass is 10.1. The van der Waals surface area contributed by atoms with Crippen LogP contribution in [0.25, 0.3) is 0 Å². The van der Waals surface area contributed by atoms with Crippen molar-refractivity contribution in [2.24, 2.45) is 5.73 Å². The summed E-state index contributed by atoms with van der Waals surface area (Å²) in [5, 5.41) is 9.01. The summed E-state index contributed by atoms with van der Waals surface area (Å²) in [4.78, 5) is 2.40. The van der Waals surface area contributed by atoms with Crippen molar-refractivity contribution in [3.05, 3.63) is 23.8 Å². The van der Waals surface area contributed by atoms with Gasteiger partial charge in [0.1, 0.15) is 4.99 Å². The molecule has 1 aromatic carbocycles.